The van der Waals surface area contributed by atoms with Gasteiger partial charge >= 0.3 is 0 Å². The molecule has 0 nitrogen and oxygen atoms in total. The van der Waals surface area contributed by atoms with Crippen LogP contribution >= 0.6 is 12.6 Å². The van der Waals surface area contributed by atoms with Crippen LogP contribution < -0.4 is 0 Å². The molecule has 78 valence electrons. The fraction of sp³-hybridized carbons (Fsp3) is 1.00. The first kappa shape index (κ1) is 11.4. The third kappa shape index (κ3) is 2.90. The summed E-state index contributed by atoms with van der Waals surface area (Å²) in [5, 5.41) is 0.556. The molecule has 0 spiro atoms. The molecule has 0 aromatic heterocycles. The molecule has 0 amide bonds. The molecule has 5 atom stereocenters. The maximum Gasteiger partial charge on any atom is 0.00168 e. The molecule has 0 saturated heterocycles. The van der Waals surface area contributed by atoms with Crippen molar-refractivity contribution in [2.24, 2.45) is 23.7 Å². The van der Waals surface area contributed by atoms with Crippen LogP contribution in [0.5, 0.6) is 0 Å². The van der Waals surface area contributed by atoms with Crippen LogP contribution in [0, 0.1) is 23.7 Å². The highest BCUT2D eigenvalue weighted by Crippen LogP contribution is 2.39. The average Bonchev–Trinajstić information content (AvgIpc) is 2.03. The van der Waals surface area contributed by atoms with Gasteiger partial charge in [-0.25, -0.2) is 0 Å². The van der Waals surface area contributed by atoms with E-state index < -0.39 is 0 Å². The quantitative estimate of drug-likeness (QED) is 0.640. The highest BCUT2D eigenvalue weighted by atomic mass is 32.1. The normalized spacial score (nSPS) is 39.9. The summed E-state index contributed by atoms with van der Waals surface area (Å²) >= 11 is 4.57. The van der Waals surface area contributed by atoms with Crippen molar-refractivity contribution in [1.82, 2.24) is 0 Å². The summed E-state index contributed by atoms with van der Waals surface area (Å²) < 4.78 is 0. The third-order valence-electron chi connectivity index (χ3n) is 3.93. The van der Waals surface area contributed by atoms with E-state index >= 15 is 0 Å². The van der Waals surface area contributed by atoms with Crippen molar-refractivity contribution in [3.63, 3.8) is 0 Å². The molecule has 0 aromatic rings. The summed E-state index contributed by atoms with van der Waals surface area (Å²) in [6.45, 7) is 9.42. The molecule has 1 fully saturated rings. The highest BCUT2D eigenvalue weighted by Gasteiger charge is 2.30. The van der Waals surface area contributed by atoms with Gasteiger partial charge in [-0.2, -0.15) is 12.6 Å². The molecule has 0 N–H and O–H groups in total. The molecule has 1 aliphatic carbocycles. The van der Waals surface area contributed by atoms with E-state index in [9.17, 15) is 0 Å². The molecule has 0 aliphatic heterocycles. The van der Waals surface area contributed by atoms with Gasteiger partial charge in [0.2, 0.25) is 0 Å². The van der Waals surface area contributed by atoms with Crippen LogP contribution in [0.15, 0.2) is 0 Å². The Bertz CT molecular complexity index is 153. The lowest BCUT2D eigenvalue weighted by atomic mass is 9.70. The highest BCUT2D eigenvalue weighted by molar-refractivity contribution is 7.80. The van der Waals surface area contributed by atoms with E-state index in [2.05, 4.69) is 40.3 Å². The lowest BCUT2D eigenvalue weighted by molar-refractivity contribution is 0.150. The van der Waals surface area contributed by atoms with Gasteiger partial charge in [0.05, 0.1) is 0 Å². The Morgan fingerprint density at radius 3 is 2.23 bits per heavy atom. The summed E-state index contributed by atoms with van der Waals surface area (Å²) in [6, 6.07) is 0. The Morgan fingerprint density at radius 2 is 1.77 bits per heavy atom. The second-order valence-electron chi connectivity index (χ2n) is 5.16. The molecule has 0 radical (unpaired) electrons. The van der Waals surface area contributed by atoms with Crippen molar-refractivity contribution < 1.29 is 0 Å². The van der Waals surface area contributed by atoms with E-state index in [0.29, 0.717) is 5.25 Å². The van der Waals surface area contributed by atoms with Crippen LogP contribution in [-0.2, 0) is 0 Å². The number of rotatable bonds is 2. The number of hydrogen-bond acceptors (Lipinski definition) is 1. The van der Waals surface area contributed by atoms with E-state index in [0.717, 1.165) is 23.7 Å². The van der Waals surface area contributed by atoms with Gasteiger partial charge in [-0.05, 0) is 36.5 Å². The Kier molecular flexibility index (Phi) is 4.15. The van der Waals surface area contributed by atoms with Gasteiger partial charge in [-0.1, -0.05) is 34.1 Å². The zero-order valence-electron chi connectivity index (χ0n) is 9.46. The monoisotopic (exact) mass is 200 g/mol. The maximum absolute atomic E-state index is 4.57. The van der Waals surface area contributed by atoms with Crippen LogP contribution in [0.3, 0.4) is 0 Å². The first-order valence-corrected chi connectivity index (χ1v) is 6.22. The Labute approximate surface area is 88.9 Å². The van der Waals surface area contributed by atoms with Crippen molar-refractivity contribution in [3.8, 4) is 0 Å². The van der Waals surface area contributed by atoms with E-state index in [1.807, 2.05) is 0 Å². The van der Waals surface area contributed by atoms with E-state index in [1.54, 1.807) is 0 Å². The molecule has 1 heteroatoms. The SMILES string of the molecule is CC1CCC(C(C)C(C)S)C(C)C1. The van der Waals surface area contributed by atoms with Crippen LogP contribution in [0.2, 0.25) is 0 Å². The second kappa shape index (κ2) is 4.72. The molecule has 1 rings (SSSR count). The van der Waals surface area contributed by atoms with Gasteiger partial charge in [-0.15, -0.1) is 0 Å². The predicted molar refractivity (Wildman–Crippen MR) is 63.3 cm³/mol. The summed E-state index contributed by atoms with van der Waals surface area (Å²) in [4.78, 5) is 0. The van der Waals surface area contributed by atoms with Gasteiger partial charge in [-0.3, -0.25) is 0 Å². The standard InChI is InChI=1S/C12H24S/c1-8-5-6-12(9(2)7-8)10(3)11(4)13/h8-13H,5-7H2,1-4H3. The second-order valence-corrected chi connectivity index (χ2v) is 5.97. The Hall–Kier alpha value is 0.350. The minimum Gasteiger partial charge on any atom is -0.176 e. The van der Waals surface area contributed by atoms with Gasteiger partial charge in [0.25, 0.3) is 0 Å². The van der Waals surface area contributed by atoms with Gasteiger partial charge in [0.1, 0.15) is 0 Å². The predicted octanol–water partition coefficient (Wildman–Crippen LogP) is 4.01. The lowest BCUT2D eigenvalue weighted by Crippen LogP contribution is -2.30. The Balaban J connectivity index is 2.50. The molecule has 1 aliphatic rings. The van der Waals surface area contributed by atoms with Crippen molar-refractivity contribution in [1.29, 1.82) is 0 Å². The van der Waals surface area contributed by atoms with Crippen LogP contribution in [0.25, 0.3) is 0 Å². The Morgan fingerprint density at radius 1 is 1.15 bits per heavy atom. The number of hydrogen-bond donors (Lipinski definition) is 1. The molecule has 5 unspecified atom stereocenters. The molecule has 1 saturated carbocycles. The first-order chi connectivity index (χ1) is 6.02. The van der Waals surface area contributed by atoms with Crippen molar-refractivity contribution in [2.75, 3.05) is 0 Å². The maximum atomic E-state index is 4.57. The first-order valence-electron chi connectivity index (χ1n) is 5.70. The summed E-state index contributed by atoms with van der Waals surface area (Å²) in [7, 11) is 0. The van der Waals surface area contributed by atoms with E-state index in [-0.39, 0.29) is 0 Å². The minimum atomic E-state index is 0.556. The molecule has 0 heterocycles. The zero-order chi connectivity index (χ0) is 10.0. The van der Waals surface area contributed by atoms with Gasteiger partial charge in [0.15, 0.2) is 0 Å². The smallest absolute Gasteiger partial charge is 0.00168 e. The third-order valence-corrected chi connectivity index (χ3v) is 4.40. The molecular weight excluding hydrogens is 176 g/mol. The largest absolute Gasteiger partial charge is 0.176 e. The summed E-state index contributed by atoms with van der Waals surface area (Å²) in [5.74, 6) is 3.57. The van der Waals surface area contributed by atoms with Crippen LogP contribution in [0.1, 0.15) is 47.0 Å². The average molecular weight is 200 g/mol. The van der Waals surface area contributed by atoms with Gasteiger partial charge in [0, 0.05) is 5.25 Å². The summed E-state index contributed by atoms with van der Waals surface area (Å²) in [5.41, 5.74) is 0. The molecular formula is C12H24S. The summed E-state index contributed by atoms with van der Waals surface area (Å²) in [6.07, 6.45) is 4.28. The molecule has 0 bridgehead atoms. The van der Waals surface area contributed by atoms with E-state index in [1.165, 1.54) is 19.3 Å². The van der Waals surface area contributed by atoms with E-state index in [4.69, 9.17) is 0 Å². The lowest BCUT2D eigenvalue weighted by Gasteiger charge is -2.37. The topological polar surface area (TPSA) is 0 Å². The van der Waals surface area contributed by atoms with Crippen LogP contribution in [-0.4, -0.2) is 5.25 Å². The van der Waals surface area contributed by atoms with Gasteiger partial charge < -0.3 is 0 Å². The van der Waals surface area contributed by atoms with Crippen molar-refractivity contribution in [2.45, 2.75) is 52.2 Å². The molecule has 0 aromatic carbocycles. The minimum absolute atomic E-state index is 0.556. The fourth-order valence-corrected chi connectivity index (χ4v) is 3.05. The van der Waals surface area contributed by atoms with Crippen LogP contribution in [0.4, 0.5) is 0 Å². The van der Waals surface area contributed by atoms with Crippen molar-refractivity contribution >= 4 is 12.6 Å². The zero-order valence-corrected chi connectivity index (χ0v) is 10.3. The fourth-order valence-electron chi connectivity index (χ4n) is 2.83. The number of thiol groups is 1. The van der Waals surface area contributed by atoms with Crippen molar-refractivity contribution in [3.05, 3.63) is 0 Å². The molecule has 13 heavy (non-hydrogen) atoms.